The summed E-state index contributed by atoms with van der Waals surface area (Å²) < 4.78 is 1.26. The number of fused-ring (bicyclic) bond motifs is 1. The number of pyridine rings is 1. The molecule has 3 nitrogen and oxygen atoms in total. The molecule has 0 fully saturated rings. The number of thiophene rings is 2. The van der Waals surface area contributed by atoms with E-state index in [1.165, 1.54) is 20.5 Å². The van der Waals surface area contributed by atoms with Gasteiger partial charge >= 0.3 is 0 Å². The monoisotopic (exact) mass is 441 g/mol. The van der Waals surface area contributed by atoms with E-state index in [2.05, 4.69) is 76.9 Å². The van der Waals surface area contributed by atoms with E-state index in [1.54, 1.807) is 28.9 Å². The van der Waals surface area contributed by atoms with Crippen LogP contribution in [0.3, 0.4) is 0 Å². The van der Waals surface area contributed by atoms with Crippen LogP contribution in [0.1, 0.15) is 10.4 Å². The van der Waals surface area contributed by atoms with E-state index in [0.717, 1.165) is 27.5 Å². The van der Waals surface area contributed by atoms with Gasteiger partial charge in [0.2, 0.25) is 0 Å². The van der Waals surface area contributed by atoms with E-state index in [9.17, 15) is 0 Å². The summed E-state index contributed by atoms with van der Waals surface area (Å²) in [6, 6.07) is 24.7. The van der Waals surface area contributed by atoms with E-state index in [0.29, 0.717) is 0 Å². The highest BCUT2D eigenvalue weighted by molar-refractivity contribution is 7.20. The van der Waals surface area contributed by atoms with Gasteiger partial charge in [0.05, 0.1) is 16.3 Å². The lowest BCUT2D eigenvalue weighted by atomic mass is 10.1. The fraction of sp³-hybridized carbons (Fsp3) is 0.0385. The molecule has 5 aromatic rings. The van der Waals surface area contributed by atoms with Crippen LogP contribution in [0.4, 0.5) is 11.4 Å². The van der Waals surface area contributed by atoms with Gasteiger partial charge in [0, 0.05) is 27.7 Å². The number of nitrogens with one attached hydrogen (secondary N) is 1. The molecule has 3 N–H and O–H groups in total. The van der Waals surface area contributed by atoms with Crippen LogP contribution in [-0.4, -0.2) is 4.98 Å². The van der Waals surface area contributed by atoms with E-state index in [4.69, 9.17) is 5.73 Å². The molecule has 0 unspecified atom stereocenters. The van der Waals surface area contributed by atoms with Gasteiger partial charge in [0.1, 0.15) is 0 Å². The van der Waals surface area contributed by atoms with Crippen LogP contribution < -0.4 is 11.1 Å². The number of hydrogen-bond acceptors (Lipinski definition) is 5. The van der Waals surface area contributed by atoms with Gasteiger partial charge in [-0.1, -0.05) is 43.0 Å². The van der Waals surface area contributed by atoms with Crippen LogP contribution in [0, 0.1) is 6.92 Å². The molecule has 2 aromatic carbocycles. The molecule has 154 valence electrons. The molecule has 0 saturated carbocycles. The summed E-state index contributed by atoms with van der Waals surface area (Å²) in [6.45, 7) is 6.22. The summed E-state index contributed by atoms with van der Waals surface area (Å²) in [5.41, 5.74) is 11.0. The third-order valence-corrected chi connectivity index (χ3v) is 6.77. The number of aryl methyl sites for hydroxylation is 1. The number of hydrogen-bond donors (Lipinski definition) is 2. The van der Waals surface area contributed by atoms with Crippen LogP contribution in [0.25, 0.3) is 26.2 Å². The number of rotatable bonds is 4. The lowest BCUT2D eigenvalue weighted by Crippen LogP contribution is -2.00. The van der Waals surface area contributed by atoms with Crippen molar-refractivity contribution in [2.24, 2.45) is 0 Å². The molecule has 5 heteroatoms. The van der Waals surface area contributed by atoms with Crippen molar-refractivity contribution in [3.63, 3.8) is 0 Å². The molecule has 0 bridgehead atoms. The van der Waals surface area contributed by atoms with Crippen LogP contribution in [-0.2, 0) is 0 Å². The van der Waals surface area contributed by atoms with Gasteiger partial charge in [0.15, 0.2) is 0 Å². The Bertz CT molecular complexity index is 1260. The van der Waals surface area contributed by atoms with Crippen molar-refractivity contribution in [3.05, 3.63) is 108 Å². The summed E-state index contributed by atoms with van der Waals surface area (Å²) in [6.07, 6.45) is 3.60. The first-order valence-electron chi connectivity index (χ1n) is 9.85. The third-order valence-electron chi connectivity index (χ3n) is 4.68. The maximum atomic E-state index is 6.15. The summed E-state index contributed by atoms with van der Waals surface area (Å²) in [5.74, 6) is 0. The topological polar surface area (TPSA) is 50.9 Å². The molecule has 0 aliphatic carbocycles. The Balaban J connectivity index is 0.000000282. The summed E-state index contributed by atoms with van der Waals surface area (Å²) in [4.78, 5) is 6.23. The van der Waals surface area contributed by atoms with Crippen molar-refractivity contribution in [2.45, 2.75) is 6.92 Å². The Morgan fingerprint density at radius 1 is 1.00 bits per heavy atom. The summed E-state index contributed by atoms with van der Waals surface area (Å²) in [5, 5.41) is 6.70. The zero-order valence-corrected chi connectivity index (χ0v) is 18.8. The maximum absolute atomic E-state index is 6.15. The average Bonchev–Trinajstić information content (AvgIpc) is 3.46. The molecule has 0 amide bonds. The predicted octanol–water partition coefficient (Wildman–Crippen LogP) is 7.68. The molecule has 3 aromatic heterocycles. The van der Waals surface area contributed by atoms with Gasteiger partial charge in [-0.05, 0) is 65.2 Å². The number of nitrogens with zero attached hydrogens (tertiary/aromatic N) is 1. The highest BCUT2D eigenvalue weighted by atomic mass is 32.1. The minimum absolute atomic E-state index is 0.720. The number of nitrogens with two attached hydrogens (primary N) is 1. The van der Waals surface area contributed by atoms with Crippen molar-refractivity contribution < 1.29 is 0 Å². The van der Waals surface area contributed by atoms with Crippen LogP contribution >= 0.6 is 22.7 Å². The fourth-order valence-electron chi connectivity index (χ4n) is 3.06. The van der Waals surface area contributed by atoms with Crippen LogP contribution in [0.5, 0.6) is 0 Å². The smallest absolute Gasteiger partial charge is 0.0624 e. The second kappa shape index (κ2) is 9.60. The maximum Gasteiger partial charge on any atom is 0.0624 e. The zero-order chi connectivity index (χ0) is 21.6. The van der Waals surface area contributed by atoms with E-state index in [1.807, 2.05) is 31.3 Å². The Morgan fingerprint density at radius 3 is 2.55 bits per heavy atom. The number of nitrogen functional groups attached to an aromatic ring is 1. The number of aromatic nitrogens is 1. The Morgan fingerprint density at radius 2 is 1.87 bits per heavy atom. The molecule has 0 radical (unpaired) electrons. The third kappa shape index (κ3) is 5.20. The molecular formula is C26H23N3S2. The fourth-order valence-corrected chi connectivity index (χ4v) is 4.78. The molecule has 3 heterocycles. The molecule has 0 atom stereocenters. The minimum atomic E-state index is 0.720. The minimum Gasteiger partial charge on any atom is -0.397 e. The first-order chi connectivity index (χ1) is 15.1. The molecular weight excluding hydrogens is 418 g/mol. The largest absolute Gasteiger partial charge is 0.397 e. The second-order valence-corrected chi connectivity index (χ2v) is 9.09. The zero-order valence-electron chi connectivity index (χ0n) is 17.2. The lowest BCUT2D eigenvalue weighted by molar-refractivity contribution is 1.27. The van der Waals surface area contributed by atoms with E-state index in [-0.39, 0.29) is 0 Å². The Hall–Kier alpha value is -3.41. The quantitative estimate of drug-likeness (QED) is 0.281. The molecule has 0 saturated heterocycles. The predicted molar refractivity (Wildman–Crippen MR) is 138 cm³/mol. The van der Waals surface area contributed by atoms with Gasteiger partial charge < -0.3 is 11.1 Å². The van der Waals surface area contributed by atoms with Crippen LogP contribution in [0.2, 0.25) is 0 Å². The first kappa shape index (κ1) is 20.8. The highest BCUT2D eigenvalue weighted by Gasteiger charge is 2.09. The molecule has 5 rings (SSSR count). The summed E-state index contributed by atoms with van der Waals surface area (Å²) >= 11 is 3.45. The van der Waals surface area contributed by atoms with Crippen molar-refractivity contribution in [2.75, 3.05) is 11.1 Å². The highest BCUT2D eigenvalue weighted by Crippen LogP contribution is 2.34. The number of anilines is 2. The Labute approximate surface area is 190 Å². The first-order valence-corrected chi connectivity index (χ1v) is 11.5. The molecule has 0 aliphatic heterocycles. The van der Waals surface area contributed by atoms with Gasteiger partial charge in [-0.25, -0.2) is 0 Å². The van der Waals surface area contributed by atoms with Gasteiger partial charge in [-0.3, -0.25) is 4.98 Å². The SMILES string of the molecule is C=C(Nc1cc(-c2cccs2)ccc1N)c1cc2ccccc2s1.Cc1cccnc1. The van der Waals surface area contributed by atoms with Crippen molar-refractivity contribution in [3.8, 4) is 10.4 Å². The van der Waals surface area contributed by atoms with Gasteiger partial charge in [-0.15, -0.1) is 22.7 Å². The normalized spacial score (nSPS) is 10.4. The average molecular weight is 442 g/mol. The Kier molecular flexibility index (Phi) is 6.46. The van der Waals surface area contributed by atoms with Crippen LogP contribution in [0.15, 0.2) is 97.1 Å². The second-order valence-electron chi connectivity index (χ2n) is 7.06. The molecule has 0 aliphatic rings. The molecule has 31 heavy (non-hydrogen) atoms. The lowest BCUT2D eigenvalue weighted by Gasteiger charge is -2.12. The van der Waals surface area contributed by atoms with Gasteiger partial charge in [-0.2, -0.15) is 0 Å². The van der Waals surface area contributed by atoms with E-state index >= 15 is 0 Å². The van der Waals surface area contributed by atoms with Crippen molar-refractivity contribution in [1.82, 2.24) is 4.98 Å². The van der Waals surface area contributed by atoms with Gasteiger partial charge in [0.25, 0.3) is 0 Å². The number of benzene rings is 2. The molecule has 0 spiro atoms. The van der Waals surface area contributed by atoms with E-state index < -0.39 is 0 Å². The standard InChI is InChI=1S/C20H16N2S2.C6H7N/c1-13(20-12-14-5-2-3-6-19(14)24-20)22-17-11-15(8-9-16(17)21)18-7-4-10-23-18;1-6-3-2-4-7-5-6/h2-12,22H,1,21H2;2-5H,1H3. The van der Waals surface area contributed by atoms with Crippen molar-refractivity contribution >= 4 is 49.8 Å². The summed E-state index contributed by atoms with van der Waals surface area (Å²) in [7, 11) is 0. The van der Waals surface area contributed by atoms with Crippen molar-refractivity contribution in [1.29, 1.82) is 0 Å².